The Morgan fingerprint density at radius 2 is 1.89 bits per heavy atom. The number of hydrogen-bond acceptors (Lipinski definition) is 3. The summed E-state index contributed by atoms with van der Waals surface area (Å²) in [5.41, 5.74) is 7.37. The number of nitrogens with two attached hydrogens (primary N) is 1. The van der Waals surface area contributed by atoms with Gasteiger partial charge in [-0.05, 0) is 31.4 Å². The van der Waals surface area contributed by atoms with Gasteiger partial charge in [0.25, 0.3) is 6.47 Å². The Morgan fingerprint density at radius 3 is 2.42 bits per heavy atom. The lowest BCUT2D eigenvalue weighted by atomic mass is 9.98. The third-order valence-corrected chi connectivity index (χ3v) is 3.34. The van der Waals surface area contributed by atoms with E-state index >= 15 is 0 Å². The standard InChI is InChI=1S/C13H18N2O.CH2O2/c1-10-6-2-3-7-11(10)15-12(16)13(14)8-4-5-9-13;2-1-3/h2-3,6-7H,4-5,8-9,14H2,1H3,(H,15,16);1H,(H,2,3). The van der Waals surface area contributed by atoms with Crippen LogP contribution in [-0.4, -0.2) is 23.0 Å². The van der Waals surface area contributed by atoms with Gasteiger partial charge in [-0.15, -0.1) is 0 Å². The van der Waals surface area contributed by atoms with Crippen molar-refractivity contribution in [3.05, 3.63) is 29.8 Å². The van der Waals surface area contributed by atoms with E-state index in [4.69, 9.17) is 15.6 Å². The highest BCUT2D eigenvalue weighted by molar-refractivity contribution is 5.98. The van der Waals surface area contributed by atoms with E-state index in [-0.39, 0.29) is 12.4 Å². The van der Waals surface area contributed by atoms with Gasteiger partial charge < -0.3 is 16.2 Å². The van der Waals surface area contributed by atoms with Crippen molar-refractivity contribution >= 4 is 18.1 Å². The zero-order valence-corrected chi connectivity index (χ0v) is 11.1. The maximum atomic E-state index is 12.1. The van der Waals surface area contributed by atoms with Crippen LogP contribution in [0.3, 0.4) is 0 Å². The summed E-state index contributed by atoms with van der Waals surface area (Å²) < 4.78 is 0. The fraction of sp³-hybridized carbons (Fsp3) is 0.429. The number of anilines is 1. The van der Waals surface area contributed by atoms with Crippen molar-refractivity contribution in [3.8, 4) is 0 Å². The van der Waals surface area contributed by atoms with Gasteiger partial charge in [0.1, 0.15) is 0 Å². The molecule has 1 fully saturated rings. The van der Waals surface area contributed by atoms with Gasteiger partial charge in [-0.1, -0.05) is 31.0 Å². The predicted octanol–water partition coefficient (Wildman–Crippen LogP) is 1.91. The van der Waals surface area contributed by atoms with Crippen LogP contribution in [0.5, 0.6) is 0 Å². The van der Waals surface area contributed by atoms with Gasteiger partial charge in [0.2, 0.25) is 5.91 Å². The van der Waals surface area contributed by atoms with Crippen molar-refractivity contribution in [2.45, 2.75) is 38.1 Å². The van der Waals surface area contributed by atoms with E-state index in [2.05, 4.69) is 5.32 Å². The third-order valence-electron chi connectivity index (χ3n) is 3.34. The van der Waals surface area contributed by atoms with Gasteiger partial charge in [-0.25, -0.2) is 0 Å². The minimum Gasteiger partial charge on any atom is -0.483 e. The molecule has 0 aliphatic heterocycles. The summed E-state index contributed by atoms with van der Waals surface area (Å²) in [6, 6.07) is 7.76. The first kappa shape index (κ1) is 15.2. The van der Waals surface area contributed by atoms with Crippen molar-refractivity contribution in [3.63, 3.8) is 0 Å². The molecular formula is C14H20N2O3. The molecule has 0 spiro atoms. The summed E-state index contributed by atoms with van der Waals surface area (Å²) in [7, 11) is 0. The van der Waals surface area contributed by atoms with Crippen molar-refractivity contribution in [1.82, 2.24) is 0 Å². The molecule has 0 radical (unpaired) electrons. The molecule has 5 nitrogen and oxygen atoms in total. The molecule has 1 aliphatic rings. The van der Waals surface area contributed by atoms with Gasteiger partial charge in [0.15, 0.2) is 0 Å². The molecule has 19 heavy (non-hydrogen) atoms. The lowest BCUT2D eigenvalue weighted by Crippen LogP contribution is -2.48. The van der Waals surface area contributed by atoms with Crippen molar-refractivity contribution in [2.24, 2.45) is 5.73 Å². The van der Waals surface area contributed by atoms with Gasteiger partial charge in [-0.3, -0.25) is 9.59 Å². The summed E-state index contributed by atoms with van der Waals surface area (Å²) in [4.78, 5) is 20.4. The summed E-state index contributed by atoms with van der Waals surface area (Å²) in [6.07, 6.45) is 3.70. The average molecular weight is 264 g/mol. The molecule has 1 aromatic carbocycles. The van der Waals surface area contributed by atoms with Crippen LogP contribution in [0.2, 0.25) is 0 Å². The lowest BCUT2D eigenvalue weighted by molar-refractivity contribution is -0.123. The number of carbonyl (C=O) groups is 2. The third kappa shape index (κ3) is 4.06. The summed E-state index contributed by atoms with van der Waals surface area (Å²) in [6.45, 7) is 1.73. The number of aryl methyl sites for hydroxylation is 1. The molecule has 1 amide bonds. The monoisotopic (exact) mass is 264 g/mol. The number of rotatable bonds is 2. The Bertz CT molecular complexity index is 440. The number of benzene rings is 1. The molecule has 1 saturated carbocycles. The van der Waals surface area contributed by atoms with Crippen LogP contribution in [-0.2, 0) is 9.59 Å². The van der Waals surface area contributed by atoms with E-state index in [1.807, 2.05) is 31.2 Å². The molecule has 104 valence electrons. The van der Waals surface area contributed by atoms with Crippen molar-refractivity contribution in [2.75, 3.05) is 5.32 Å². The highest BCUT2D eigenvalue weighted by Gasteiger charge is 2.36. The Labute approximate surface area is 112 Å². The summed E-state index contributed by atoms with van der Waals surface area (Å²) in [5, 5.41) is 9.82. The normalized spacial score (nSPS) is 16.1. The average Bonchev–Trinajstić information content (AvgIpc) is 2.81. The first-order valence-corrected chi connectivity index (χ1v) is 6.27. The zero-order chi connectivity index (χ0) is 14.3. The highest BCUT2D eigenvalue weighted by atomic mass is 16.3. The maximum Gasteiger partial charge on any atom is 0.290 e. The van der Waals surface area contributed by atoms with Crippen LogP contribution >= 0.6 is 0 Å². The second-order valence-corrected chi connectivity index (χ2v) is 4.74. The van der Waals surface area contributed by atoms with Gasteiger partial charge >= 0.3 is 0 Å². The van der Waals surface area contributed by atoms with E-state index in [9.17, 15) is 4.79 Å². The summed E-state index contributed by atoms with van der Waals surface area (Å²) in [5.74, 6) is -0.0423. The molecule has 1 aromatic rings. The smallest absolute Gasteiger partial charge is 0.290 e. The largest absolute Gasteiger partial charge is 0.483 e. The number of carboxylic acid groups (broad SMARTS) is 1. The lowest BCUT2D eigenvalue weighted by Gasteiger charge is -2.22. The fourth-order valence-electron chi connectivity index (χ4n) is 2.19. The van der Waals surface area contributed by atoms with Gasteiger partial charge in [0, 0.05) is 5.69 Å². The predicted molar refractivity (Wildman–Crippen MR) is 73.9 cm³/mol. The molecule has 0 heterocycles. The van der Waals surface area contributed by atoms with Crippen LogP contribution in [0.15, 0.2) is 24.3 Å². The van der Waals surface area contributed by atoms with E-state index in [0.717, 1.165) is 36.9 Å². The van der Waals surface area contributed by atoms with E-state index in [1.165, 1.54) is 0 Å². The molecule has 2 rings (SSSR count). The van der Waals surface area contributed by atoms with Gasteiger partial charge in [-0.2, -0.15) is 0 Å². The highest BCUT2D eigenvalue weighted by Crippen LogP contribution is 2.28. The molecular weight excluding hydrogens is 244 g/mol. The minimum absolute atomic E-state index is 0.0423. The van der Waals surface area contributed by atoms with Crippen molar-refractivity contribution < 1.29 is 14.7 Å². The molecule has 0 saturated heterocycles. The number of carbonyl (C=O) groups excluding carboxylic acids is 1. The topological polar surface area (TPSA) is 92.4 Å². The second kappa shape index (κ2) is 6.89. The summed E-state index contributed by atoms with van der Waals surface area (Å²) >= 11 is 0. The molecule has 5 heteroatoms. The van der Waals surface area contributed by atoms with E-state index < -0.39 is 5.54 Å². The van der Waals surface area contributed by atoms with Crippen LogP contribution in [0.25, 0.3) is 0 Å². The molecule has 4 N–H and O–H groups in total. The molecule has 1 aliphatic carbocycles. The number of para-hydroxylation sites is 1. The van der Waals surface area contributed by atoms with Crippen molar-refractivity contribution in [1.29, 1.82) is 0 Å². The number of amides is 1. The molecule has 0 unspecified atom stereocenters. The van der Waals surface area contributed by atoms with Crippen LogP contribution < -0.4 is 11.1 Å². The quantitative estimate of drug-likeness (QED) is 0.711. The van der Waals surface area contributed by atoms with Gasteiger partial charge in [0.05, 0.1) is 5.54 Å². The first-order chi connectivity index (χ1) is 9.03. The van der Waals surface area contributed by atoms with Crippen LogP contribution in [0.1, 0.15) is 31.2 Å². The molecule has 0 atom stereocenters. The Hall–Kier alpha value is -1.88. The maximum absolute atomic E-state index is 12.1. The van der Waals surface area contributed by atoms with E-state index in [0.29, 0.717) is 0 Å². The SMILES string of the molecule is Cc1ccccc1NC(=O)C1(N)CCCC1.O=CO. The van der Waals surface area contributed by atoms with E-state index in [1.54, 1.807) is 0 Å². The number of nitrogens with one attached hydrogen (secondary N) is 1. The zero-order valence-electron chi connectivity index (χ0n) is 11.1. The minimum atomic E-state index is -0.651. The second-order valence-electron chi connectivity index (χ2n) is 4.74. The first-order valence-electron chi connectivity index (χ1n) is 6.27. The molecule has 0 bridgehead atoms. The van der Waals surface area contributed by atoms with Crippen LogP contribution in [0, 0.1) is 6.92 Å². The number of hydrogen-bond donors (Lipinski definition) is 3. The Balaban J connectivity index is 0.000000550. The molecule has 0 aromatic heterocycles. The Morgan fingerprint density at radius 1 is 1.37 bits per heavy atom. The fourth-order valence-corrected chi connectivity index (χ4v) is 2.19. The Kier molecular flexibility index (Phi) is 5.51. The van der Waals surface area contributed by atoms with Crippen LogP contribution in [0.4, 0.5) is 5.69 Å².